The molecule has 110 valence electrons. The summed E-state index contributed by atoms with van der Waals surface area (Å²) in [5.74, 6) is 0.168. The van der Waals surface area contributed by atoms with Gasteiger partial charge in [0.25, 0.3) is 0 Å². The Morgan fingerprint density at radius 2 is 2.35 bits per heavy atom. The van der Waals surface area contributed by atoms with E-state index in [1.807, 2.05) is 11.8 Å². The number of halogens is 1. The topological polar surface area (TPSA) is 67.2 Å². The van der Waals surface area contributed by atoms with Crippen LogP contribution in [0.4, 0.5) is 0 Å². The van der Waals surface area contributed by atoms with Crippen LogP contribution in [0, 0.1) is 6.92 Å². The molecule has 0 radical (unpaired) electrons. The molecule has 2 rings (SSSR count). The van der Waals surface area contributed by atoms with E-state index in [0.717, 1.165) is 36.1 Å². The molecule has 2 heterocycles. The Morgan fingerprint density at radius 1 is 1.55 bits per heavy atom. The summed E-state index contributed by atoms with van der Waals surface area (Å²) in [6.07, 6.45) is 4.20. The first-order valence-corrected chi connectivity index (χ1v) is 7.59. The lowest BCUT2D eigenvalue weighted by molar-refractivity contribution is -0.127. The van der Waals surface area contributed by atoms with E-state index in [2.05, 4.69) is 26.3 Å². The van der Waals surface area contributed by atoms with E-state index in [1.165, 1.54) is 0 Å². The molecule has 1 aromatic rings. The minimum absolute atomic E-state index is 0.0623. The molecule has 6 nitrogen and oxygen atoms in total. The first-order chi connectivity index (χ1) is 9.56. The second kappa shape index (κ2) is 6.88. The average molecular weight is 343 g/mol. The molecule has 0 aliphatic carbocycles. The predicted molar refractivity (Wildman–Crippen MR) is 78.1 cm³/mol. The number of aryl methyl sites for hydroxylation is 1. The van der Waals surface area contributed by atoms with Crippen LogP contribution in [0.25, 0.3) is 0 Å². The molecule has 1 aromatic heterocycles. The highest BCUT2D eigenvalue weighted by atomic mass is 79.9. The third-order valence-electron chi connectivity index (χ3n) is 3.29. The van der Waals surface area contributed by atoms with E-state index < -0.39 is 0 Å². The van der Waals surface area contributed by atoms with Crippen LogP contribution in [0.5, 0.6) is 0 Å². The van der Waals surface area contributed by atoms with E-state index in [9.17, 15) is 9.59 Å². The van der Waals surface area contributed by atoms with Crippen molar-refractivity contribution in [3.8, 4) is 0 Å². The Bertz CT molecular complexity index is 481. The highest BCUT2D eigenvalue weighted by Crippen LogP contribution is 2.12. The van der Waals surface area contributed by atoms with Crippen molar-refractivity contribution in [2.45, 2.75) is 32.7 Å². The SMILES string of the molecule is Cc1nn(CC(=O)NCCCN2CCCC2=O)cc1Br. The molecule has 1 aliphatic rings. The summed E-state index contributed by atoms with van der Waals surface area (Å²) in [5, 5.41) is 7.05. The highest BCUT2D eigenvalue weighted by Gasteiger charge is 2.19. The van der Waals surface area contributed by atoms with Gasteiger partial charge in [0, 0.05) is 32.3 Å². The minimum atomic E-state index is -0.0623. The van der Waals surface area contributed by atoms with Crippen molar-refractivity contribution in [3.05, 3.63) is 16.4 Å². The molecule has 0 spiro atoms. The molecule has 1 fully saturated rings. The van der Waals surface area contributed by atoms with Crippen molar-refractivity contribution in [1.82, 2.24) is 20.0 Å². The lowest BCUT2D eigenvalue weighted by Gasteiger charge is -2.15. The number of rotatable bonds is 6. The van der Waals surface area contributed by atoms with E-state index >= 15 is 0 Å². The molecule has 0 unspecified atom stereocenters. The zero-order chi connectivity index (χ0) is 14.5. The number of amides is 2. The zero-order valence-electron chi connectivity index (χ0n) is 11.6. The molecule has 0 atom stereocenters. The number of hydrogen-bond acceptors (Lipinski definition) is 3. The maximum absolute atomic E-state index is 11.7. The summed E-state index contributed by atoms with van der Waals surface area (Å²) in [6.45, 7) is 4.27. The van der Waals surface area contributed by atoms with Gasteiger partial charge in [-0.1, -0.05) is 0 Å². The minimum Gasteiger partial charge on any atom is -0.354 e. The number of nitrogens with zero attached hydrogens (tertiary/aromatic N) is 3. The largest absolute Gasteiger partial charge is 0.354 e. The van der Waals surface area contributed by atoms with E-state index in [1.54, 1.807) is 10.9 Å². The number of likely N-dealkylation sites (tertiary alicyclic amines) is 1. The monoisotopic (exact) mass is 342 g/mol. The van der Waals surface area contributed by atoms with Gasteiger partial charge in [0.1, 0.15) is 6.54 Å². The first kappa shape index (κ1) is 15.0. The van der Waals surface area contributed by atoms with Crippen molar-refractivity contribution >= 4 is 27.7 Å². The third kappa shape index (κ3) is 4.06. The second-order valence-corrected chi connectivity index (χ2v) is 5.80. The van der Waals surface area contributed by atoms with Crippen LogP contribution >= 0.6 is 15.9 Å². The molecule has 2 amide bonds. The Balaban J connectivity index is 1.64. The lowest BCUT2D eigenvalue weighted by atomic mass is 10.4. The maximum Gasteiger partial charge on any atom is 0.241 e. The molecule has 1 aliphatic heterocycles. The van der Waals surface area contributed by atoms with Gasteiger partial charge in [0.05, 0.1) is 10.2 Å². The summed E-state index contributed by atoms with van der Waals surface area (Å²) in [6, 6.07) is 0. The molecular weight excluding hydrogens is 324 g/mol. The molecular formula is C13H19BrN4O2. The molecule has 0 saturated carbocycles. The zero-order valence-corrected chi connectivity index (χ0v) is 13.1. The normalized spacial score (nSPS) is 14.9. The summed E-state index contributed by atoms with van der Waals surface area (Å²) >= 11 is 3.36. The van der Waals surface area contributed by atoms with Crippen LogP contribution in [0.2, 0.25) is 0 Å². The van der Waals surface area contributed by atoms with Crippen molar-refractivity contribution in [1.29, 1.82) is 0 Å². The Kier molecular flexibility index (Phi) is 5.17. The van der Waals surface area contributed by atoms with Crippen LogP contribution in [0.3, 0.4) is 0 Å². The van der Waals surface area contributed by atoms with Gasteiger partial charge in [0.2, 0.25) is 11.8 Å². The molecule has 1 N–H and O–H groups in total. The van der Waals surface area contributed by atoms with E-state index in [-0.39, 0.29) is 18.4 Å². The Morgan fingerprint density at radius 3 is 2.95 bits per heavy atom. The fourth-order valence-corrected chi connectivity index (χ4v) is 2.53. The maximum atomic E-state index is 11.7. The molecule has 0 bridgehead atoms. The third-order valence-corrected chi connectivity index (χ3v) is 4.07. The highest BCUT2D eigenvalue weighted by molar-refractivity contribution is 9.10. The van der Waals surface area contributed by atoms with Crippen LogP contribution < -0.4 is 5.32 Å². The van der Waals surface area contributed by atoms with Crippen LogP contribution in [0.15, 0.2) is 10.7 Å². The molecule has 20 heavy (non-hydrogen) atoms. The number of hydrogen-bond donors (Lipinski definition) is 1. The van der Waals surface area contributed by atoms with Gasteiger partial charge in [-0.15, -0.1) is 0 Å². The number of carbonyl (C=O) groups excluding carboxylic acids is 2. The van der Waals surface area contributed by atoms with Crippen LogP contribution in [-0.4, -0.2) is 46.1 Å². The van der Waals surface area contributed by atoms with Gasteiger partial charge in [-0.25, -0.2) is 0 Å². The van der Waals surface area contributed by atoms with Crippen molar-refractivity contribution in [3.63, 3.8) is 0 Å². The van der Waals surface area contributed by atoms with Crippen molar-refractivity contribution in [2.24, 2.45) is 0 Å². The number of nitrogens with one attached hydrogen (secondary N) is 1. The van der Waals surface area contributed by atoms with Crippen LogP contribution in [0.1, 0.15) is 25.0 Å². The average Bonchev–Trinajstić information content (AvgIpc) is 2.92. The van der Waals surface area contributed by atoms with Gasteiger partial charge in [-0.3, -0.25) is 14.3 Å². The Labute approximate surface area is 126 Å². The summed E-state index contributed by atoms with van der Waals surface area (Å²) in [5.41, 5.74) is 0.866. The fraction of sp³-hybridized carbons (Fsp3) is 0.615. The van der Waals surface area contributed by atoms with Gasteiger partial charge < -0.3 is 10.2 Å². The standard InChI is InChI=1S/C13H19BrN4O2/c1-10-11(14)8-18(16-10)9-12(19)15-5-3-7-17-6-2-4-13(17)20/h8H,2-7,9H2,1H3,(H,15,19). The number of aromatic nitrogens is 2. The Hall–Kier alpha value is -1.37. The van der Waals surface area contributed by atoms with E-state index in [4.69, 9.17) is 0 Å². The number of carbonyl (C=O) groups is 2. The van der Waals surface area contributed by atoms with Gasteiger partial charge in [-0.2, -0.15) is 5.10 Å². The van der Waals surface area contributed by atoms with E-state index in [0.29, 0.717) is 13.0 Å². The quantitative estimate of drug-likeness (QED) is 0.786. The van der Waals surface area contributed by atoms with Gasteiger partial charge in [0.15, 0.2) is 0 Å². The van der Waals surface area contributed by atoms with Crippen molar-refractivity contribution < 1.29 is 9.59 Å². The molecule has 1 saturated heterocycles. The summed E-state index contributed by atoms with van der Waals surface area (Å²) in [4.78, 5) is 25.0. The van der Waals surface area contributed by atoms with Crippen LogP contribution in [-0.2, 0) is 16.1 Å². The second-order valence-electron chi connectivity index (χ2n) is 4.95. The van der Waals surface area contributed by atoms with Gasteiger partial charge >= 0.3 is 0 Å². The predicted octanol–water partition coefficient (Wildman–Crippen LogP) is 1.08. The first-order valence-electron chi connectivity index (χ1n) is 6.80. The molecule has 7 heteroatoms. The lowest BCUT2D eigenvalue weighted by Crippen LogP contribution is -2.32. The molecule has 0 aromatic carbocycles. The summed E-state index contributed by atoms with van der Waals surface area (Å²) < 4.78 is 2.51. The summed E-state index contributed by atoms with van der Waals surface area (Å²) in [7, 11) is 0. The fourth-order valence-electron chi connectivity index (χ4n) is 2.22. The smallest absolute Gasteiger partial charge is 0.241 e. The van der Waals surface area contributed by atoms with Gasteiger partial charge in [-0.05, 0) is 35.7 Å². The van der Waals surface area contributed by atoms with Crippen molar-refractivity contribution in [2.75, 3.05) is 19.6 Å².